The molecular formula is C12H13FO. The first-order chi connectivity index (χ1) is 6.64. The van der Waals surface area contributed by atoms with Gasteiger partial charge in [0, 0.05) is 5.56 Å². The van der Waals surface area contributed by atoms with Crippen LogP contribution in [0.25, 0.3) is 0 Å². The molecule has 0 aliphatic carbocycles. The predicted octanol–water partition coefficient (Wildman–Crippen LogP) is 2.45. The normalized spacial score (nSPS) is 14.0. The van der Waals surface area contributed by atoms with E-state index >= 15 is 0 Å². The maximum absolute atomic E-state index is 13.4. The van der Waals surface area contributed by atoms with E-state index in [0.717, 1.165) is 0 Å². The minimum atomic E-state index is -1.36. The van der Waals surface area contributed by atoms with E-state index < -0.39 is 11.4 Å². The summed E-state index contributed by atoms with van der Waals surface area (Å²) in [5, 5.41) is 10.1. The van der Waals surface area contributed by atoms with Gasteiger partial charge in [0.25, 0.3) is 0 Å². The van der Waals surface area contributed by atoms with Crippen LogP contribution in [0.1, 0.15) is 25.8 Å². The standard InChI is InChI=1S/C12H13FO/c1-3-9-12(14,4-2)10-7-5-6-8-11(10)13/h5-8,14H,4H2,1-2H3. The summed E-state index contributed by atoms with van der Waals surface area (Å²) in [6, 6.07) is 6.17. The highest BCUT2D eigenvalue weighted by molar-refractivity contribution is 5.32. The Bertz CT molecular complexity index is 375. The smallest absolute Gasteiger partial charge is 0.153 e. The molecule has 0 bridgehead atoms. The van der Waals surface area contributed by atoms with E-state index in [9.17, 15) is 9.50 Å². The third-order valence-electron chi connectivity index (χ3n) is 2.16. The van der Waals surface area contributed by atoms with Crippen LogP contribution < -0.4 is 0 Å². The van der Waals surface area contributed by atoms with E-state index in [0.29, 0.717) is 6.42 Å². The Morgan fingerprint density at radius 1 is 1.43 bits per heavy atom. The lowest BCUT2D eigenvalue weighted by Gasteiger charge is -2.21. The van der Waals surface area contributed by atoms with E-state index in [-0.39, 0.29) is 5.56 Å². The van der Waals surface area contributed by atoms with Gasteiger partial charge in [0.15, 0.2) is 5.60 Å². The van der Waals surface area contributed by atoms with E-state index in [2.05, 4.69) is 11.8 Å². The number of rotatable bonds is 2. The molecule has 1 N–H and O–H groups in total. The zero-order chi connectivity index (χ0) is 10.6. The van der Waals surface area contributed by atoms with Crippen molar-refractivity contribution in [3.63, 3.8) is 0 Å². The highest BCUT2D eigenvalue weighted by Gasteiger charge is 2.27. The summed E-state index contributed by atoms with van der Waals surface area (Å²) in [6.07, 6.45) is 0.370. The van der Waals surface area contributed by atoms with Crippen molar-refractivity contribution in [2.45, 2.75) is 25.9 Å². The van der Waals surface area contributed by atoms with Gasteiger partial charge in [-0.15, -0.1) is 5.92 Å². The third kappa shape index (κ3) is 1.94. The molecule has 0 radical (unpaired) electrons. The van der Waals surface area contributed by atoms with Crippen molar-refractivity contribution in [3.8, 4) is 11.8 Å². The number of benzene rings is 1. The van der Waals surface area contributed by atoms with Crippen LogP contribution in [-0.2, 0) is 5.60 Å². The quantitative estimate of drug-likeness (QED) is 0.713. The Morgan fingerprint density at radius 3 is 2.57 bits per heavy atom. The highest BCUT2D eigenvalue weighted by atomic mass is 19.1. The van der Waals surface area contributed by atoms with Gasteiger partial charge in [0.05, 0.1) is 0 Å². The van der Waals surface area contributed by atoms with Crippen LogP contribution in [0.3, 0.4) is 0 Å². The Morgan fingerprint density at radius 2 is 2.07 bits per heavy atom. The molecule has 74 valence electrons. The van der Waals surface area contributed by atoms with Gasteiger partial charge in [0.1, 0.15) is 5.82 Å². The van der Waals surface area contributed by atoms with Gasteiger partial charge in [-0.3, -0.25) is 0 Å². The van der Waals surface area contributed by atoms with Crippen molar-refractivity contribution in [2.75, 3.05) is 0 Å². The van der Waals surface area contributed by atoms with E-state index in [1.807, 2.05) is 0 Å². The molecule has 0 fully saturated rings. The molecule has 1 aromatic carbocycles. The molecule has 0 aliphatic heterocycles. The first kappa shape index (κ1) is 10.7. The van der Waals surface area contributed by atoms with Gasteiger partial charge in [-0.1, -0.05) is 31.0 Å². The lowest BCUT2D eigenvalue weighted by atomic mass is 9.91. The number of hydrogen-bond acceptors (Lipinski definition) is 1. The molecule has 0 amide bonds. The molecule has 1 rings (SSSR count). The van der Waals surface area contributed by atoms with Crippen LogP contribution in [-0.4, -0.2) is 5.11 Å². The maximum atomic E-state index is 13.4. The van der Waals surface area contributed by atoms with Gasteiger partial charge in [0.2, 0.25) is 0 Å². The van der Waals surface area contributed by atoms with Crippen LogP contribution in [0.2, 0.25) is 0 Å². The fourth-order valence-corrected chi connectivity index (χ4v) is 1.35. The van der Waals surface area contributed by atoms with Crippen molar-refractivity contribution >= 4 is 0 Å². The molecule has 14 heavy (non-hydrogen) atoms. The van der Waals surface area contributed by atoms with Gasteiger partial charge in [-0.25, -0.2) is 4.39 Å². The second-order valence-corrected chi connectivity index (χ2v) is 3.07. The number of aliphatic hydroxyl groups is 1. The zero-order valence-corrected chi connectivity index (χ0v) is 8.34. The molecule has 0 aliphatic rings. The molecule has 2 heteroatoms. The average molecular weight is 192 g/mol. The molecule has 0 saturated carbocycles. The van der Waals surface area contributed by atoms with Gasteiger partial charge in [-0.2, -0.15) is 0 Å². The maximum Gasteiger partial charge on any atom is 0.153 e. The van der Waals surface area contributed by atoms with Crippen LogP contribution in [0.15, 0.2) is 24.3 Å². The SMILES string of the molecule is CC#CC(O)(CC)c1ccccc1F. The van der Waals surface area contributed by atoms with Crippen LogP contribution >= 0.6 is 0 Å². The summed E-state index contributed by atoms with van der Waals surface area (Å²) in [7, 11) is 0. The Balaban J connectivity index is 3.23. The molecule has 0 aromatic heterocycles. The first-order valence-corrected chi connectivity index (χ1v) is 4.55. The molecule has 0 heterocycles. The number of halogens is 1. The van der Waals surface area contributed by atoms with E-state index in [1.165, 1.54) is 6.07 Å². The van der Waals surface area contributed by atoms with Crippen molar-refractivity contribution in [3.05, 3.63) is 35.6 Å². The molecular weight excluding hydrogens is 179 g/mol. The topological polar surface area (TPSA) is 20.2 Å². The molecule has 1 unspecified atom stereocenters. The summed E-state index contributed by atoms with van der Waals surface area (Å²) in [4.78, 5) is 0. The summed E-state index contributed by atoms with van der Waals surface area (Å²) < 4.78 is 13.4. The summed E-state index contributed by atoms with van der Waals surface area (Å²) in [5.74, 6) is 4.83. The van der Waals surface area contributed by atoms with Crippen LogP contribution in [0.4, 0.5) is 4.39 Å². The lowest BCUT2D eigenvalue weighted by Crippen LogP contribution is -2.23. The molecule has 1 nitrogen and oxygen atoms in total. The Hall–Kier alpha value is -1.33. The number of hydrogen-bond donors (Lipinski definition) is 1. The molecule has 1 atom stereocenters. The average Bonchev–Trinajstić information content (AvgIpc) is 2.18. The second-order valence-electron chi connectivity index (χ2n) is 3.07. The molecule has 0 saturated heterocycles. The van der Waals surface area contributed by atoms with Gasteiger partial charge < -0.3 is 5.11 Å². The summed E-state index contributed by atoms with van der Waals surface area (Å²) >= 11 is 0. The van der Waals surface area contributed by atoms with Crippen molar-refractivity contribution in [2.24, 2.45) is 0 Å². The molecule has 0 spiro atoms. The van der Waals surface area contributed by atoms with Gasteiger partial charge in [-0.05, 0) is 19.4 Å². The minimum Gasteiger partial charge on any atom is -0.373 e. The monoisotopic (exact) mass is 192 g/mol. The fraction of sp³-hybridized carbons (Fsp3) is 0.333. The highest BCUT2D eigenvalue weighted by Crippen LogP contribution is 2.26. The zero-order valence-electron chi connectivity index (χ0n) is 8.34. The van der Waals surface area contributed by atoms with Crippen molar-refractivity contribution in [1.82, 2.24) is 0 Å². The van der Waals surface area contributed by atoms with Crippen LogP contribution in [0.5, 0.6) is 0 Å². The summed E-state index contributed by atoms with van der Waals surface area (Å²) in [5.41, 5.74) is -1.11. The minimum absolute atomic E-state index is 0.247. The first-order valence-electron chi connectivity index (χ1n) is 4.55. The Kier molecular flexibility index (Phi) is 3.27. The van der Waals surface area contributed by atoms with Crippen molar-refractivity contribution in [1.29, 1.82) is 0 Å². The lowest BCUT2D eigenvalue weighted by molar-refractivity contribution is 0.0918. The van der Waals surface area contributed by atoms with Gasteiger partial charge >= 0.3 is 0 Å². The van der Waals surface area contributed by atoms with E-state index in [4.69, 9.17) is 0 Å². The fourth-order valence-electron chi connectivity index (χ4n) is 1.35. The third-order valence-corrected chi connectivity index (χ3v) is 2.16. The Labute approximate surface area is 83.6 Å². The van der Waals surface area contributed by atoms with Crippen molar-refractivity contribution < 1.29 is 9.50 Å². The van der Waals surface area contributed by atoms with Crippen LogP contribution in [0, 0.1) is 17.7 Å². The summed E-state index contributed by atoms with van der Waals surface area (Å²) in [6.45, 7) is 3.40. The predicted molar refractivity (Wildman–Crippen MR) is 54.0 cm³/mol. The van der Waals surface area contributed by atoms with E-state index in [1.54, 1.807) is 32.0 Å². The largest absolute Gasteiger partial charge is 0.373 e. The molecule has 1 aromatic rings. The second kappa shape index (κ2) is 4.26.